The Kier molecular flexibility index (Phi) is 3020. The van der Waals surface area contributed by atoms with Gasteiger partial charge < -0.3 is 27.4 Å². The summed E-state index contributed by atoms with van der Waals surface area (Å²) in [6.07, 6.45) is 0. The average Bonchev–Trinajstić information content (AvgIpc) is 0. The van der Waals surface area contributed by atoms with Crippen LogP contribution in [0.5, 0.6) is 0 Å². The topological polar surface area (TPSA) is 142 Å². The summed E-state index contributed by atoms with van der Waals surface area (Å²) in [7, 11) is 0. The Labute approximate surface area is 98.0 Å². The van der Waals surface area contributed by atoms with E-state index < -0.39 is 0 Å². The Bertz CT molecular complexity index is 12.4. The Morgan fingerprint density at radius 1 is 0.500 bits per heavy atom. The summed E-state index contributed by atoms with van der Waals surface area (Å²) in [4.78, 5) is 0. The van der Waals surface area contributed by atoms with E-state index in [1.807, 2.05) is 0 Å². The van der Waals surface area contributed by atoms with Crippen molar-refractivity contribution in [2.24, 2.45) is 0 Å². The third-order valence-corrected chi connectivity index (χ3v) is 0. The number of hydrogen-bond acceptors (Lipinski definition) is 0. The second-order valence-corrected chi connectivity index (χ2v) is 0. The molecule has 0 amide bonds. The van der Waals surface area contributed by atoms with Gasteiger partial charge in [0.25, 0.3) is 0 Å². The van der Waals surface area contributed by atoms with Gasteiger partial charge in [0, 0.05) is 0 Å². The zero-order valence-electron chi connectivity index (χ0n) is 3.70. The van der Waals surface area contributed by atoms with E-state index in [2.05, 4.69) is 0 Å². The molecular weight excluding hydrogens is 244 g/mol. The molecule has 40 valence electrons. The Morgan fingerprint density at radius 2 is 0.500 bits per heavy atom. The summed E-state index contributed by atoms with van der Waals surface area (Å²) in [5, 5.41) is 0. The van der Waals surface area contributed by atoms with Crippen molar-refractivity contribution in [1.29, 1.82) is 0 Å². The fourth-order valence-electron chi connectivity index (χ4n) is 0. The first-order chi connectivity index (χ1) is 0. The molecule has 0 aliphatic rings. The smallest absolute Gasteiger partial charge is 2.00 e. The third kappa shape index (κ3) is 90.1. The summed E-state index contributed by atoms with van der Waals surface area (Å²) < 4.78 is 0. The molecule has 0 atom stereocenters. The second kappa shape index (κ2) is 131. The molecule has 0 aliphatic heterocycles. The molecule has 0 rings (SSSR count). The zero-order chi connectivity index (χ0) is 0. The van der Waals surface area contributed by atoms with Crippen LogP contribution in [0.2, 0.25) is 0 Å². The summed E-state index contributed by atoms with van der Waals surface area (Å²) in [6.45, 7) is 0. The van der Waals surface area contributed by atoms with Crippen molar-refractivity contribution in [3.8, 4) is 0 Å². The van der Waals surface area contributed by atoms with Crippen molar-refractivity contribution in [3.05, 3.63) is 0 Å². The molecule has 0 aromatic heterocycles. The first kappa shape index (κ1) is 184. The summed E-state index contributed by atoms with van der Waals surface area (Å²) >= 11 is 0. The molecular formula is AlO5TiY. The Hall–Kier alpha value is 2.15. The molecule has 0 aromatic carbocycles. The van der Waals surface area contributed by atoms with Gasteiger partial charge in [0.15, 0.2) is 0 Å². The first-order valence-electron chi connectivity index (χ1n) is 0. The molecule has 0 aromatic rings. The van der Waals surface area contributed by atoms with Gasteiger partial charge in [-0.15, -0.1) is 0 Å². The maximum Gasteiger partial charge on any atom is 4.00 e. The van der Waals surface area contributed by atoms with Crippen LogP contribution < -0.4 is 0 Å². The van der Waals surface area contributed by atoms with Crippen LogP contribution >= 0.6 is 0 Å². The summed E-state index contributed by atoms with van der Waals surface area (Å²) in [5.74, 6) is 0. The number of hydrogen-bond donors (Lipinski definition) is 0. The van der Waals surface area contributed by atoms with E-state index in [9.17, 15) is 0 Å². The van der Waals surface area contributed by atoms with Gasteiger partial charge in [-0.3, -0.25) is 0 Å². The SMILES string of the molecule is [Al+3].[O-2].[O-2].[O-2].[O-2].[O-2].[Ti+4].[Y+3]. The Morgan fingerprint density at radius 3 is 0.500 bits per heavy atom. The predicted molar refractivity (Wildman–Crippen MR) is 9.19 cm³/mol. The maximum atomic E-state index is 0. The van der Waals surface area contributed by atoms with Crippen LogP contribution in [0.25, 0.3) is 0 Å². The van der Waals surface area contributed by atoms with Crippen LogP contribution in [0.1, 0.15) is 0 Å². The second-order valence-electron chi connectivity index (χ2n) is 0. The molecule has 0 unspecified atom stereocenters. The maximum absolute atomic E-state index is 0. The minimum absolute atomic E-state index is 0. The monoisotopic (exact) mass is 244 g/mol. The van der Waals surface area contributed by atoms with Gasteiger partial charge in [-0.25, -0.2) is 0 Å². The minimum atomic E-state index is 0. The predicted octanol–water partition coefficient (Wildman–Crippen LogP) is -0.980. The van der Waals surface area contributed by atoms with Crippen LogP contribution in [-0.4, -0.2) is 17.4 Å². The number of rotatable bonds is 0. The van der Waals surface area contributed by atoms with Crippen LogP contribution in [-0.2, 0) is 81.8 Å². The average molecular weight is 244 g/mol. The van der Waals surface area contributed by atoms with E-state index in [0.29, 0.717) is 0 Å². The Balaban J connectivity index is 0. The van der Waals surface area contributed by atoms with Crippen molar-refractivity contribution in [1.82, 2.24) is 0 Å². The summed E-state index contributed by atoms with van der Waals surface area (Å²) in [5.41, 5.74) is 0. The minimum Gasteiger partial charge on any atom is -2.00 e. The molecule has 5 nitrogen and oxygen atoms in total. The molecule has 0 fully saturated rings. The van der Waals surface area contributed by atoms with E-state index in [1.54, 1.807) is 0 Å². The van der Waals surface area contributed by atoms with E-state index in [0.717, 1.165) is 0 Å². The van der Waals surface area contributed by atoms with Gasteiger partial charge >= 0.3 is 71.8 Å². The molecule has 0 aliphatic carbocycles. The largest absolute Gasteiger partial charge is 4.00 e. The van der Waals surface area contributed by atoms with Crippen molar-refractivity contribution in [2.45, 2.75) is 0 Å². The van der Waals surface area contributed by atoms with Gasteiger partial charge in [-0.2, -0.15) is 0 Å². The molecule has 0 heterocycles. The van der Waals surface area contributed by atoms with Gasteiger partial charge in [0.2, 0.25) is 0 Å². The molecule has 0 bridgehead atoms. The van der Waals surface area contributed by atoms with Crippen LogP contribution in [0.15, 0.2) is 0 Å². The van der Waals surface area contributed by atoms with Crippen molar-refractivity contribution >= 4 is 17.4 Å². The van der Waals surface area contributed by atoms with E-state index in [-0.39, 0.29) is 99.2 Å². The van der Waals surface area contributed by atoms with Crippen molar-refractivity contribution in [2.75, 3.05) is 0 Å². The molecule has 0 saturated heterocycles. The molecule has 8 heteroatoms. The third-order valence-electron chi connectivity index (χ3n) is 0. The molecule has 0 saturated carbocycles. The van der Waals surface area contributed by atoms with E-state index in [1.165, 1.54) is 0 Å². The molecule has 0 N–H and O–H groups in total. The molecule has 0 radical (unpaired) electrons. The first-order valence-corrected chi connectivity index (χ1v) is 0. The zero-order valence-corrected chi connectivity index (χ0v) is 9.25. The van der Waals surface area contributed by atoms with Crippen LogP contribution in [0, 0.1) is 0 Å². The van der Waals surface area contributed by atoms with Crippen molar-refractivity contribution < 1.29 is 81.8 Å². The molecule has 8 heavy (non-hydrogen) atoms. The van der Waals surface area contributed by atoms with Crippen LogP contribution in [0.3, 0.4) is 0 Å². The van der Waals surface area contributed by atoms with Gasteiger partial charge in [-0.05, 0) is 0 Å². The quantitative estimate of drug-likeness (QED) is 0.482. The van der Waals surface area contributed by atoms with E-state index >= 15 is 0 Å². The fourth-order valence-corrected chi connectivity index (χ4v) is 0. The summed E-state index contributed by atoms with van der Waals surface area (Å²) in [6, 6.07) is 0. The van der Waals surface area contributed by atoms with E-state index in [4.69, 9.17) is 0 Å². The normalized spacial score (nSPS) is 0. The standard InChI is InChI=1S/Al.5O.Ti.Y/q+3;5*-2;+4;+3. The fraction of sp³-hybridized carbons (Fsp3) is 0. The van der Waals surface area contributed by atoms with Crippen LogP contribution in [0.4, 0.5) is 0 Å². The van der Waals surface area contributed by atoms with Gasteiger partial charge in [-0.1, -0.05) is 0 Å². The van der Waals surface area contributed by atoms with Crippen molar-refractivity contribution in [3.63, 3.8) is 0 Å². The van der Waals surface area contributed by atoms with Gasteiger partial charge in [0.05, 0.1) is 0 Å². The van der Waals surface area contributed by atoms with Gasteiger partial charge in [0.1, 0.15) is 0 Å². The molecule has 0 spiro atoms.